The van der Waals surface area contributed by atoms with E-state index in [0.29, 0.717) is 12.2 Å². The Kier molecular flexibility index (Phi) is 5.21. The average molecular weight is 419 g/mol. The standard InChI is InChI=1S/C24H19BrO2/c25-22-14-8-7-13-19(22)15-21-20(17-9-3-1-4-10-17)16-23(27-24(21)26)18-11-5-2-6-12-18/h1-14,16,20-21H,15H2/t20-,21+/m1/s1. The van der Waals surface area contributed by atoms with Gasteiger partial charge in [0.1, 0.15) is 5.76 Å². The molecule has 27 heavy (non-hydrogen) atoms. The number of esters is 1. The summed E-state index contributed by atoms with van der Waals surface area (Å²) in [5.74, 6) is 0.159. The van der Waals surface area contributed by atoms with Gasteiger partial charge in [-0.05, 0) is 29.7 Å². The van der Waals surface area contributed by atoms with Crippen LogP contribution in [0.4, 0.5) is 0 Å². The fourth-order valence-corrected chi connectivity index (χ4v) is 3.96. The number of hydrogen-bond donors (Lipinski definition) is 0. The molecule has 0 unspecified atom stereocenters. The van der Waals surface area contributed by atoms with Crippen molar-refractivity contribution in [3.63, 3.8) is 0 Å². The molecule has 0 fully saturated rings. The Labute approximate surface area is 167 Å². The van der Waals surface area contributed by atoms with E-state index in [0.717, 1.165) is 21.2 Å². The van der Waals surface area contributed by atoms with Gasteiger partial charge in [0.15, 0.2) is 0 Å². The van der Waals surface area contributed by atoms with Crippen molar-refractivity contribution in [2.24, 2.45) is 5.92 Å². The van der Waals surface area contributed by atoms with Crippen LogP contribution in [-0.4, -0.2) is 5.97 Å². The number of carbonyl (C=O) groups excluding carboxylic acids is 1. The second kappa shape index (κ2) is 7.93. The highest BCUT2D eigenvalue weighted by Crippen LogP contribution is 2.38. The Morgan fingerprint density at radius 1 is 0.815 bits per heavy atom. The Hall–Kier alpha value is -2.65. The number of hydrogen-bond acceptors (Lipinski definition) is 2. The number of carbonyl (C=O) groups is 1. The first-order valence-electron chi connectivity index (χ1n) is 8.99. The Morgan fingerprint density at radius 3 is 2.15 bits per heavy atom. The van der Waals surface area contributed by atoms with E-state index in [9.17, 15) is 4.79 Å². The maximum absolute atomic E-state index is 13.0. The molecule has 1 aliphatic rings. The van der Waals surface area contributed by atoms with Gasteiger partial charge in [-0.3, -0.25) is 4.79 Å². The minimum atomic E-state index is -0.265. The lowest BCUT2D eigenvalue weighted by Crippen LogP contribution is -2.29. The minimum absolute atomic E-state index is 0.0326. The number of ether oxygens (including phenoxy) is 1. The number of rotatable bonds is 4. The van der Waals surface area contributed by atoms with Crippen LogP contribution in [0.3, 0.4) is 0 Å². The number of halogens is 1. The van der Waals surface area contributed by atoms with Crippen LogP contribution in [0.2, 0.25) is 0 Å². The zero-order chi connectivity index (χ0) is 18.6. The van der Waals surface area contributed by atoms with Gasteiger partial charge in [0, 0.05) is 16.0 Å². The lowest BCUT2D eigenvalue weighted by molar-refractivity contribution is -0.142. The van der Waals surface area contributed by atoms with E-state index in [-0.39, 0.29) is 17.8 Å². The van der Waals surface area contributed by atoms with Crippen LogP contribution in [0.15, 0.2) is 95.5 Å². The molecule has 3 aromatic rings. The lowest BCUT2D eigenvalue weighted by Gasteiger charge is -2.29. The van der Waals surface area contributed by atoms with Crippen molar-refractivity contribution >= 4 is 27.7 Å². The molecule has 2 nitrogen and oxygen atoms in total. The Balaban J connectivity index is 1.75. The second-order valence-corrected chi connectivity index (χ2v) is 7.51. The monoisotopic (exact) mass is 418 g/mol. The van der Waals surface area contributed by atoms with Gasteiger partial charge in [0.25, 0.3) is 0 Å². The zero-order valence-electron chi connectivity index (χ0n) is 14.7. The summed E-state index contributed by atoms with van der Waals surface area (Å²) in [6, 6.07) is 28.0. The number of allylic oxidation sites excluding steroid dienone is 1. The fraction of sp³-hybridized carbons (Fsp3) is 0.125. The normalized spacial score (nSPS) is 19.3. The minimum Gasteiger partial charge on any atom is -0.426 e. The molecular formula is C24H19BrO2. The quantitative estimate of drug-likeness (QED) is 0.486. The van der Waals surface area contributed by atoms with Gasteiger partial charge in [-0.25, -0.2) is 0 Å². The van der Waals surface area contributed by atoms with Crippen molar-refractivity contribution in [3.05, 3.63) is 112 Å². The molecule has 0 N–H and O–H groups in total. The molecule has 4 rings (SSSR count). The molecule has 0 bridgehead atoms. The Morgan fingerprint density at radius 2 is 1.44 bits per heavy atom. The van der Waals surface area contributed by atoms with Gasteiger partial charge in [-0.15, -0.1) is 0 Å². The third kappa shape index (κ3) is 3.88. The predicted molar refractivity (Wildman–Crippen MR) is 111 cm³/mol. The van der Waals surface area contributed by atoms with Gasteiger partial charge in [0.2, 0.25) is 0 Å². The Bertz CT molecular complexity index is 964. The maximum atomic E-state index is 13.0. The van der Waals surface area contributed by atoms with Crippen LogP contribution < -0.4 is 0 Å². The van der Waals surface area contributed by atoms with E-state index in [4.69, 9.17) is 4.74 Å². The molecule has 0 saturated heterocycles. The lowest BCUT2D eigenvalue weighted by atomic mass is 9.80. The van der Waals surface area contributed by atoms with Gasteiger partial charge in [-0.2, -0.15) is 0 Å². The van der Waals surface area contributed by atoms with E-state index in [1.165, 1.54) is 0 Å². The average Bonchev–Trinajstić information content (AvgIpc) is 2.72. The molecule has 2 atom stereocenters. The largest absolute Gasteiger partial charge is 0.426 e. The molecule has 0 spiro atoms. The molecule has 3 aromatic carbocycles. The van der Waals surface area contributed by atoms with Crippen LogP contribution in [0.25, 0.3) is 5.76 Å². The smallest absolute Gasteiger partial charge is 0.315 e. The first-order chi connectivity index (χ1) is 13.2. The van der Waals surface area contributed by atoms with E-state index >= 15 is 0 Å². The summed E-state index contributed by atoms with van der Waals surface area (Å²) < 4.78 is 6.77. The summed E-state index contributed by atoms with van der Waals surface area (Å²) in [7, 11) is 0. The first-order valence-corrected chi connectivity index (χ1v) is 9.79. The molecule has 0 aliphatic carbocycles. The molecule has 3 heteroatoms. The topological polar surface area (TPSA) is 26.3 Å². The van der Waals surface area contributed by atoms with Crippen molar-refractivity contribution in [3.8, 4) is 0 Å². The molecule has 0 aromatic heterocycles. The van der Waals surface area contributed by atoms with E-state index in [1.807, 2.05) is 66.7 Å². The fourth-order valence-electron chi connectivity index (χ4n) is 3.52. The summed E-state index contributed by atoms with van der Waals surface area (Å²) in [6.07, 6.45) is 2.71. The predicted octanol–water partition coefficient (Wildman–Crippen LogP) is 5.99. The molecule has 1 aliphatic heterocycles. The van der Waals surface area contributed by atoms with Crippen molar-refractivity contribution < 1.29 is 9.53 Å². The van der Waals surface area contributed by atoms with Crippen LogP contribution >= 0.6 is 15.9 Å². The highest BCUT2D eigenvalue weighted by Gasteiger charge is 2.35. The zero-order valence-corrected chi connectivity index (χ0v) is 16.3. The maximum Gasteiger partial charge on any atom is 0.315 e. The van der Waals surface area contributed by atoms with Crippen molar-refractivity contribution in [1.29, 1.82) is 0 Å². The van der Waals surface area contributed by atoms with E-state index in [2.05, 4.69) is 40.2 Å². The molecule has 0 radical (unpaired) electrons. The van der Waals surface area contributed by atoms with Gasteiger partial charge >= 0.3 is 5.97 Å². The van der Waals surface area contributed by atoms with Crippen LogP contribution in [0.5, 0.6) is 0 Å². The third-order valence-electron chi connectivity index (χ3n) is 4.92. The summed E-state index contributed by atoms with van der Waals surface area (Å²) >= 11 is 3.60. The van der Waals surface area contributed by atoms with E-state index < -0.39 is 0 Å². The summed E-state index contributed by atoms with van der Waals surface area (Å²) in [4.78, 5) is 13.0. The molecule has 0 saturated carbocycles. The molecule has 134 valence electrons. The van der Waals surface area contributed by atoms with Gasteiger partial charge in [-0.1, -0.05) is 94.8 Å². The highest BCUT2D eigenvalue weighted by molar-refractivity contribution is 9.10. The van der Waals surface area contributed by atoms with Crippen molar-refractivity contribution in [2.45, 2.75) is 12.3 Å². The second-order valence-electron chi connectivity index (χ2n) is 6.66. The van der Waals surface area contributed by atoms with Crippen LogP contribution in [0, 0.1) is 5.92 Å². The summed E-state index contributed by atoms with van der Waals surface area (Å²) in [6.45, 7) is 0. The SMILES string of the molecule is O=C1OC(c2ccccc2)=C[C@H](c2ccccc2)[C@@H]1Cc1ccccc1Br. The van der Waals surface area contributed by atoms with Gasteiger partial charge in [0.05, 0.1) is 5.92 Å². The molecule has 1 heterocycles. The summed E-state index contributed by atoms with van der Waals surface area (Å²) in [5.41, 5.74) is 3.16. The summed E-state index contributed by atoms with van der Waals surface area (Å²) in [5, 5.41) is 0. The third-order valence-corrected chi connectivity index (χ3v) is 5.69. The van der Waals surface area contributed by atoms with E-state index in [1.54, 1.807) is 0 Å². The van der Waals surface area contributed by atoms with Gasteiger partial charge < -0.3 is 4.74 Å². The number of benzene rings is 3. The van der Waals surface area contributed by atoms with Crippen LogP contribution in [-0.2, 0) is 16.0 Å². The first kappa shape index (κ1) is 17.7. The highest BCUT2D eigenvalue weighted by atomic mass is 79.9. The van der Waals surface area contributed by atoms with Crippen molar-refractivity contribution in [1.82, 2.24) is 0 Å². The number of cyclic esters (lactones) is 1. The molecular weight excluding hydrogens is 400 g/mol. The molecule has 0 amide bonds. The van der Waals surface area contributed by atoms with Crippen molar-refractivity contribution in [2.75, 3.05) is 0 Å². The van der Waals surface area contributed by atoms with Crippen LogP contribution in [0.1, 0.15) is 22.6 Å².